The molecule has 0 radical (unpaired) electrons. The van der Waals surface area contributed by atoms with Gasteiger partial charge in [0.25, 0.3) is 0 Å². The second-order valence-electron chi connectivity index (χ2n) is 5.69. The van der Waals surface area contributed by atoms with E-state index in [9.17, 15) is 4.79 Å². The Balaban J connectivity index is 2.13. The number of carbonyl (C=O) groups excluding carboxylic acids is 1. The van der Waals surface area contributed by atoms with E-state index in [1.165, 1.54) is 0 Å². The van der Waals surface area contributed by atoms with Gasteiger partial charge < -0.3 is 15.0 Å². The van der Waals surface area contributed by atoms with Gasteiger partial charge >= 0.3 is 6.03 Å². The number of nitrogens with one attached hydrogen (secondary N) is 1. The van der Waals surface area contributed by atoms with Gasteiger partial charge in [0.15, 0.2) is 0 Å². The van der Waals surface area contributed by atoms with Crippen LogP contribution in [0.15, 0.2) is 0 Å². The molecule has 1 rings (SSSR count). The summed E-state index contributed by atoms with van der Waals surface area (Å²) in [5.41, 5.74) is 0. The highest BCUT2D eigenvalue weighted by atomic mass is 16.5. The lowest BCUT2D eigenvalue weighted by Crippen LogP contribution is -2.47. The van der Waals surface area contributed by atoms with Crippen molar-refractivity contribution in [3.05, 3.63) is 0 Å². The molecular formula is C14H28N2O2. The Labute approximate surface area is 111 Å². The second kappa shape index (κ2) is 7.62. The van der Waals surface area contributed by atoms with E-state index in [2.05, 4.69) is 19.2 Å². The zero-order chi connectivity index (χ0) is 13.5. The van der Waals surface area contributed by atoms with Crippen LogP contribution in [0.2, 0.25) is 0 Å². The van der Waals surface area contributed by atoms with Crippen LogP contribution in [0.4, 0.5) is 4.79 Å². The summed E-state index contributed by atoms with van der Waals surface area (Å²) < 4.78 is 5.44. The average Bonchev–Trinajstić information content (AvgIpc) is 2.31. The molecule has 2 atom stereocenters. The molecule has 1 aliphatic rings. The van der Waals surface area contributed by atoms with Gasteiger partial charge in [0.2, 0.25) is 0 Å². The van der Waals surface area contributed by atoms with Gasteiger partial charge in [-0.1, -0.05) is 13.8 Å². The standard InChI is InChI=1S/C14H28N2O2/c1-11(2)18-9-5-7-15-14(17)16-8-6-12(3)13(4)10-16/h11-13H,5-10H2,1-4H3,(H,15,17)/t12-,13+/m0/s1. The monoisotopic (exact) mass is 256 g/mol. The number of amides is 2. The van der Waals surface area contributed by atoms with Crippen molar-refractivity contribution in [2.75, 3.05) is 26.2 Å². The lowest BCUT2D eigenvalue weighted by atomic mass is 9.89. The van der Waals surface area contributed by atoms with Crippen LogP contribution in [0.25, 0.3) is 0 Å². The molecular weight excluding hydrogens is 228 g/mol. The van der Waals surface area contributed by atoms with Crippen molar-refractivity contribution in [2.45, 2.75) is 46.6 Å². The summed E-state index contributed by atoms with van der Waals surface area (Å²) in [5, 5.41) is 2.97. The first-order valence-electron chi connectivity index (χ1n) is 7.15. The molecule has 4 nitrogen and oxygen atoms in total. The molecule has 1 N–H and O–H groups in total. The van der Waals surface area contributed by atoms with Gasteiger partial charge in [-0.25, -0.2) is 4.79 Å². The van der Waals surface area contributed by atoms with E-state index >= 15 is 0 Å². The van der Waals surface area contributed by atoms with Crippen LogP contribution in [-0.2, 0) is 4.74 Å². The summed E-state index contributed by atoms with van der Waals surface area (Å²) in [4.78, 5) is 13.9. The third kappa shape index (κ3) is 5.25. The Hall–Kier alpha value is -0.770. The summed E-state index contributed by atoms with van der Waals surface area (Å²) in [6.45, 7) is 11.7. The number of urea groups is 1. The van der Waals surface area contributed by atoms with Crippen molar-refractivity contribution in [1.29, 1.82) is 0 Å². The molecule has 18 heavy (non-hydrogen) atoms. The van der Waals surface area contributed by atoms with E-state index in [4.69, 9.17) is 4.74 Å². The van der Waals surface area contributed by atoms with Crippen LogP contribution in [0.5, 0.6) is 0 Å². The number of rotatable bonds is 5. The molecule has 0 unspecified atom stereocenters. The van der Waals surface area contributed by atoms with Crippen LogP contribution >= 0.6 is 0 Å². The molecule has 0 spiro atoms. The summed E-state index contributed by atoms with van der Waals surface area (Å²) in [5.74, 6) is 1.34. The van der Waals surface area contributed by atoms with E-state index in [1.807, 2.05) is 18.7 Å². The van der Waals surface area contributed by atoms with Gasteiger partial charge in [-0.2, -0.15) is 0 Å². The fourth-order valence-electron chi connectivity index (χ4n) is 2.15. The van der Waals surface area contributed by atoms with E-state index in [0.717, 1.165) is 31.8 Å². The maximum Gasteiger partial charge on any atom is 0.317 e. The van der Waals surface area contributed by atoms with Crippen molar-refractivity contribution >= 4 is 6.03 Å². The molecule has 1 aliphatic heterocycles. The van der Waals surface area contributed by atoms with E-state index in [0.29, 0.717) is 19.1 Å². The molecule has 1 fully saturated rings. The number of carbonyl (C=O) groups is 1. The van der Waals surface area contributed by atoms with E-state index < -0.39 is 0 Å². The summed E-state index contributed by atoms with van der Waals surface area (Å²) in [6, 6.07) is 0.0818. The fourth-order valence-corrected chi connectivity index (χ4v) is 2.15. The Morgan fingerprint density at radius 1 is 1.39 bits per heavy atom. The number of piperidine rings is 1. The highest BCUT2D eigenvalue weighted by Gasteiger charge is 2.25. The zero-order valence-corrected chi connectivity index (χ0v) is 12.2. The number of hydrogen-bond donors (Lipinski definition) is 1. The van der Waals surface area contributed by atoms with Crippen LogP contribution < -0.4 is 5.32 Å². The van der Waals surface area contributed by atoms with Crippen molar-refractivity contribution in [3.63, 3.8) is 0 Å². The molecule has 2 amide bonds. The first kappa shape index (κ1) is 15.3. The molecule has 4 heteroatoms. The highest BCUT2D eigenvalue weighted by Crippen LogP contribution is 2.22. The Morgan fingerprint density at radius 2 is 2.11 bits per heavy atom. The molecule has 0 aromatic rings. The predicted octanol–water partition coefficient (Wildman–Crippen LogP) is 2.49. The van der Waals surface area contributed by atoms with Gasteiger partial charge in [0.1, 0.15) is 0 Å². The van der Waals surface area contributed by atoms with Crippen LogP contribution in [0.3, 0.4) is 0 Å². The van der Waals surface area contributed by atoms with Crippen molar-refractivity contribution in [1.82, 2.24) is 10.2 Å². The lowest BCUT2D eigenvalue weighted by Gasteiger charge is -2.35. The van der Waals surface area contributed by atoms with Gasteiger partial charge in [0.05, 0.1) is 6.10 Å². The largest absolute Gasteiger partial charge is 0.379 e. The maximum absolute atomic E-state index is 11.9. The SMILES string of the molecule is CC(C)OCCCNC(=O)N1CC[C@H](C)[C@H](C)C1. The van der Waals surface area contributed by atoms with Crippen molar-refractivity contribution in [3.8, 4) is 0 Å². The highest BCUT2D eigenvalue weighted by molar-refractivity contribution is 5.74. The van der Waals surface area contributed by atoms with Gasteiger partial charge in [-0.05, 0) is 38.5 Å². The Bertz CT molecular complexity index is 256. The molecule has 0 aromatic heterocycles. The summed E-state index contributed by atoms with van der Waals surface area (Å²) >= 11 is 0. The number of hydrogen-bond acceptors (Lipinski definition) is 2. The van der Waals surface area contributed by atoms with Crippen LogP contribution in [0, 0.1) is 11.8 Å². The van der Waals surface area contributed by atoms with Crippen molar-refractivity contribution < 1.29 is 9.53 Å². The fraction of sp³-hybridized carbons (Fsp3) is 0.929. The molecule has 1 saturated heterocycles. The first-order valence-corrected chi connectivity index (χ1v) is 7.15. The summed E-state index contributed by atoms with van der Waals surface area (Å²) in [6.07, 6.45) is 2.26. The topological polar surface area (TPSA) is 41.6 Å². The van der Waals surface area contributed by atoms with Crippen molar-refractivity contribution in [2.24, 2.45) is 11.8 Å². The molecule has 106 valence electrons. The molecule has 0 aliphatic carbocycles. The minimum Gasteiger partial charge on any atom is -0.379 e. The zero-order valence-electron chi connectivity index (χ0n) is 12.2. The first-order chi connectivity index (χ1) is 8.50. The molecule has 1 heterocycles. The second-order valence-corrected chi connectivity index (χ2v) is 5.69. The summed E-state index contributed by atoms with van der Waals surface area (Å²) in [7, 11) is 0. The quantitative estimate of drug-likeness (QED) is 0.768. The van der Waals surface area contributed by atoms with Crippen LogP contribution in [0.1, 0.15) is 40.5 Å². The number of ether oxygens (including phenoxy) is 1. The molecule has 0 saturated carbocycles. The van der Waals surface area contributed by atoms with Gasteiger partial charge in [-0.15, -0.1) is 0 Å². The lowest BCUT2D eigenvalue weighted by molar-refractivity contribution is 0.0769. The van der Waals surface area contributed by atoms with Gasteiger partial charge in [-0.3, -0.25) is 0 Å². The maximum atomic E-state index is 11.9. The minimum absolute atomic E-state index is 0.0818. The third-order valence-corrected chi connectivity index (χ3v) is 3.67. The van der Waals surface area contributed by atoms with Crippen LogP contribution in [-0.4, -0.2) is 43.3 Å². The predicted molar refractivity (Wildman–Crippen MR) is 73.6 cm³/mol. The Morgan fingerprint density at radius 3 is 2.72 bits per heavy atom. The Kier molecular flexibility index (Phi) is 6.47. The normalized spacial score (nSPS) is 24.4. The van der Waals surface area contributed by atoms with E-state index in [-0.39, 0.29) is 12.1 Å². The molecule has 0 aromatic carbocycles. The number of nitrogens with zero attached hydrogens (tertiary/aromatic N) is 1. The number of likely N-dealkylation sites (tertiary alicyclic amines) is 1. The van der Waals surface area contributed by atoms with E-state index in [1.54, 1.807) is 0 Å². The van der Waals surface area contributed by atoms with Gasteiger partial charge in [0, 0.05) is 26.2 Å². The molecule has 0 bridgehead atoms. The minimum atomic E-state index is 0.0818. The smallest absolute Gasteiger partial charge is 0.317 e. The average molecular weight is 256 g/mol. The third-order valence-electron chi connectivity index (χ3n) is 3.67.